The van der Waals surface area contributed by atoms with Crippen molar-refractivity contribution in [2.75, 3.05) is 24.1 Å². The molecule has 0 saturated carbocycles. The first kappa shape index (κ1) is 12.8. The summed E-state index contributed by atoms with van der Waals surface area (Å²) in [5.74, 6) is 0.566. The lowest BCUT2D eigenvalue weighted by atomic mass is 10.1. The molecule has 1 aromatic heterocycles. The molecule has 0 aromatic carbocycles. The van der Waals surface area contributed by atoms with Gasteiger partial charge in [-0.05, 0) is 25.0 Å². The van der Waals surface area contributed by atoms with E-state index in [1.54, 1.807) is 12.1 Å². The summed E-state index contributed by atoms with van der Waals surface area (Å²) in [6.07, 6.45) is 0.605. The van der Waals surface area contributed by atoms with Gasteiger partial charge in [0.15, 0.2) is 5.82 Å². The molecule has 4 N–H and O–H groups in total. The van der Waals surface area contributed by atoms with Crippen LogP contribution in [0.25, 0.3) is 0 Å². The highest BCUT2D eigenvalue weighted by Crippen LogP contribution is 2.22. The zero-order valence-electron chi connectivity index (χ0n) is 9.77. The van der Waals surface area contributed by atoms with Crippen molar-refractivity contribution in [2.45, 2.75) is 18.9 Å². The number of hydrogen-bond acceptors (Lipinski definition) is 4. The van der Waals surface area contributed by atoms with Gasteiger partial charge >= 0.3 is 6.09 Å². The average Bonchev–Trinajstić information content (AvgIpc) is 2.34. The third-order valence-electron chi connectivity index (χ3n) is 3.00. The number of nitrogens with zero attached hydrogens (tertiary/aromatic N) is 2. The second-order valence-electron chi connectivity index (χ2n) is 4.26. The molecule has 0 bridgehead atoms. The Kier molecular flexibility index (Phi) is 3.76. The largest absolute Gasteiger partial charge is 0.465 e. The fourth-order valence-electron chi connectivity index (χ4n) is 1.97. The van der Waals surface area contributed by atoms with E-state index in [0.717, 1.165) is 12.8 Å². The number of pyridine rings is 1. The Hall–Kier alpha value is -1.69. The maximum Gasteiger partial charge on any atom is 0.407 e. The van der Waals surface area contributed by atoms with Gasteiger partial charge in [-0.2, -0.15) is 0 Å². The minimum absolute atomic E-state index is 0.175. The molecular formula is C11H15ClN4O2. The molecule has 6 nitrogen and oxygen atoms in total. The Labute approximate surface area is 110 Å². The Morgan fingerprint density at radius 3 is 2.78 bits per heavy atom. The Morgan fingerprint density at radius 1 is 1.50 bits per heavy atom. The molecule has 18 heavy (non-hydrogen) atoms. The van der Waals surface area contributed by atoms with E-state index in [1.165, 1.54) is 4.90 Å². The monoisotopic (exact) mass is 270 g/mol. The van der Waals surface area contributed by atoms with Crippen molar-refractivity contribution in [3.8, 4) is 0 Å². The lowest BCUT2D eigenvalue weighted by molar-refractivity contribution is 0.134. The number of nitrogen functional groups attached to an aromatic ring is 1. The van der Waals surface area contributed by atoms with E-state index in [2.05, 4.69) is 10.3 Å². The number of amides is 1. The molecule has 0 unspecified atom stereocenters. The summed E-state index contributed by atoms with van der Waals surface area (Å²) >= 11 is 5.81. The molecule has 1 saturated heterocycles. The molecule has 2 heterocycles. The zero-order chi connectivity index (χ0) is 13.1. The highest BCUT2D eigenvalue weighted by molar-refractivity contribution is 6.29. The molecule has 0 spiro atoms. The predicted octanol–water partition coefficient (Wildman–Crippen LogP) is 1.87. The summed E-state index contributed by atoms with van der Waals surface area (Å²) in [4.78, 5) is 16.3. The van der Waals surface area contributed by atoms with Gasteiger partial charge in [0.05, 0.1) is 5.69 Å². The number of carbonyl (C=O) groups is 1. The number of anilines is 2. The van der Waals surface area contributed by atoms with Crippen molar-refractivity contribution in [3.05, 3.63) is 17.3 Å². The summed E-state index contributed by atoms with van der Waals surface area (Å²) in [5.41, 5.74) is 6.34. The highest BCUT2D eigenvalue weighted by atomic mass is 35.5. The van der Waals surface area contributed by atoms with Crippen LogP contribution in [0, 0.1) is 0 Å². The van der Waals surface area contributed by atoms with Crippen LogP contribution in [0.2, 0.25) is 5.15 Å². The van der Waals surface area contributed by atoms with Gasteiger partial charge in [-0.3, -0.25) is 0 Å². The van der Waals surface area contributed by atoms with E-state index in [-0.39, 0.29) is 6.04 Å². The van der Waals surface area contributed by atoms with E-state index in [9.17, 15) is 4.79 Å². The average molecular weight is 271 g/mol. The van der Waals surface area contributed by atoms with Gasteiger partial charge in [-0.15, -0.1) is 0 Å². The van der Waals surface area contributed by atoms with Crippen LogP contribution in [-0.2, 0) is 0 Å². The molecule has 0 atom stereocenters. The van der Waals surface area contributed by atoms with Crippen molar-refractivity contribution in [2.24, 2.45) is 0 Å². The van der Waals surface area contributed by atoms with Crippen LogP contribution in [-0.4, -0.2) is 40.2 Å². The van der Waals surface area contributed by atoms with Crippen LogP contribution in [0.4, 0.5) is 16.3 Å². The third-order valence-corrected chi connectivity index (χ3v) is 3.21. The number of piperidine rings is 1. The summed E-state index contributed by atoms with van der Waals surface area (Å²) in [6, 6.07) is 3.51. The molecule has 1 aliphatic heterocycles. The van der Waals surface area contributed by atoms with Gasteiger partial charge in [0.25, 0.3) is 0 Å². The SMILES string of the molecule is Nc1ccc(Cl)nc1NC1CCN(C(=O)O)CC1. The lowest BCUT2D eigenvalue weighted by Crippen LogP contribution is -2.41. The zero-order valence-corrected chi connectivity index (χ0v) is 10.5. The van der Waals surface area contributed by atoms with E-state index in [0.29, 0.717) is 29.7 Å². The molecule has 0 aliphatic carbocycles. The summed E-state index contributed by atoms with van der Waals surface area (Å²) in [5, 5.41) is 12.4. The normalized spacial score (nSPS) is 16.6. The number of nitrogens with one attached hydrogen (secondary N) is 1. The molecule has 98 valence electrons. The molecule has 1 aliphatic rings. The Balaban J connectivity index is 1.95. The van der Waals surface area contributed by atoms with Crippen LogP contribution in [0.15, 0.2) is 12.1 Å². The van der Waals surface area contributed by atoms with Gasteiger partial charge in [-0.1, -0.05) is 11.6 Å². The number of nitrogens with two attached hydrogens (primary N) is 1. The van der Waals surface area contributed by atoms with Crippen LogP contribution >= 0.6 is 11.6 Å². The van der Waals surface area contributed by atoms with Crippen molar-refractivity contribution >= 4 is 29.2 Å². The number of halogens is 1. The minimum Gasteiger partial charge on any atom is -0.465 e. The molecule has 1 aromatic rings. The van der Waals surface area contributed by atoms with Gasteiger partial charge in [0, 0.05) is 19.1 Å². The highest BCUT2D eigenvalue weighted by Gasteiger charge is 2.22. The smallest absolute Gasteiger partial charge is 0.407 e. The van der Waals surface area contributed by atoms with Crippen LogP contribution < -0.4 is 11.1 Å². The predicted molar refractivity (Wildman–Crippen MR) is 69.9 cm³/mol. The van der Waals surface area contributed by atoms with Crippen molar-refractivity contribution in [1.29, 1.82) is 0 Å². The van der Waals surface area contributed by atoms with Crippen LogP contribution in [0.5, 0.6) is 0 Å². The molecule has 1 fully saturated rings. The Bertz CT molecular complexity index is 447. The van der Waals surface area contributed by atoms with E-state index in [4.69, 9.17) is 22.4 Å². The molecular weight excluding hydrogens is 256 g/mol. The summed E-state index contributed by atoms with van der Waals surface area (Å²) < 4.78 is 0. The number of hydrogen-bond donors (Lipinski definition) is 3. The summed E-state index contributed by atoms with van der Waals surface area (Å²) in [6.45, 7) is 1.04. The van der Waals surface area contributed by atoms with Crippen molar-refractivity contribution in [3.63, 3.8) is 0 Å². The standard InChI is InChI=1S/C11H15ClN4O2/c12-9-2-1-8(13)10(15-9)14-7-3-5-16(6-4-7)11(17)18/h1-2,7H,3-6,13H2,(H,14,15)(H,17,18). The molecule has 0 radical (unpaired) electrons. The number of rotatable bonds is 2. The first-order valence-electron chi connectivity index (χ1n) is 5.72. The van der Waals surface area contributed by atoms with Gasteiger partial charge in [0.1, 0.15) is 5.15 Å². The van der Waals surface area contributed by atoms with Crippen LogP contribution in [0.3, 0.4) is 0 Å². The second-order valence-corrected chi connectivity index (χ2v) is 4.65. The quantitative estimate of drug-likeness (QED) is 0.714. The molecule has 1 amide bonds. The Morgan fingerprint density at radius 2 is 2.17 bits per heavy atom. The number of aromatic nitrogens is 1. The lowest BCUT2D eigenvalue weighted by Gasteiger charge is -2.30. The maximum absolute atomic E-state index is 10.8. The minimum atomic E-state index is -0.867. The molecule has 7 heteroatoms. The number of carboxylic acid groups (broad SMARTS) is 1. The van der Waals surface area contributed by atoms with Crippen LogP contribution in [0.1, 0.15) is 12.8 Å². The second kappa shape index (κ2) is 5.30. The maximum atomic E-state index is 10.8. The van der Waals surface area contributed by atoms with E-state index < -0.39 is 6.09 Å². The fourth-order valence-corrected chi connectivity index (χ4v) is 2.12. The van der Waals surface area contributed by atoms with Crippen molar-refractivity contribution in [1.82, 2.24) is 9.88 Å². The molecule has 2 rings (SSSR count). The van der Waals surface area contributed by atoms with E-state index in [1.807, 2.05) is 0 Å². The van der Waals surface area contributed by atoms with E-state index >= 15 is 0 Å². The first-order chi connectivity index (χ1) is 8.56. The van der Waals surface area contributed by atoms with Crippen molar-refractivity contribution < 1.29 is 9.90 Å². The summed E-state index contributed by atoms with van der Waals surface area (Å²) in [7, 11) is 0. The van der Waals surface area contributed by atoms with Gasteiger partial charge in [-0.25, -0.2) is 9.78 Å². The number of likely N-dealkylation sites (tertiary alicyclic amines) is 1. The van der Waals surface area contributed by atoms with Gasteiger partial charge in [0.2, 0.25) is 0 Å². The fraction of sp³-hybridized carbons (Fsp3) is 0.455. The third kappa shape index (κ3) is 2.95. The topological polar surface area (TPSA) is 91.5 Å². The first-order valence-corrected chi connectivity index (χ1v) is 6.10. The van der Waals surface area contributed by atoms with Gasteiger partial charge < -0.3 is 21.1 Å².